The number of benzene rings is 2. The van der Waals surface area contributed by atoms with Crippen LogP contribution in [0.25, 0.3) is 0 Å². The van der Waals surface area contributed by atoms with Gasteiger partial charge in [-0.3, -0.25) is 4.79 Å². The van der Waals surface area contributed by atoms with Gasteiger partial charge in [0.25, 0.3) is 5.91 Å². The van der Waals surface area contributed by atoms with Gasteiger partial charge in [0.1, 0.15) is 5.54 Å². The SMILES string of the molecule is CS(=O)(=O)c1ccccc1C(=O)NC1(C(=O)O)Cc2ccccc2C1. The van der Waals surface area contributed by atoms with Crippen molar-refractivity contribution in [2.75, 3.05) is 6.26 Å². The van der Waals surface area contributed by atoms with E-state index in [0.29, 0.717) is 0 Å². The van der Waals surface area contributed by atoms with Crippen molar-refractivity contribution in [2.24, 2.45) is 0 Å². The monoisotopic (exact) mass is 359 g/mol. The van der Waals surface area contributed by atoms with Gasteiger partial charge >= 0.3 is 5.97 Å². The van der Waals surface area contributed by atoms with Gasteiger partial charge in [0.05, 0.1) is 10.5 Å². The minimum atomic E-state index is -3.61. The summed E-state index contributed by atoms with van der Waals surface area (Å²) in [6.07, 6.45) is 1.33. The molecule has 0 heterocycles. The molecule has 0 aliphatic heterocycles. The zero-order chi connectivity index (χ0) is 18.2. The molecular formula is C18H17NO5S. The van der Waals surface area contributed by atoms with Gasteiger partial charge in [0.15, 0.2) is 9.84 Å². The van der Waals surface area contributed by atoms with Gasteiger partial charge in [0.2, 0.25) is 0 Å². The average Bonchev–Trinajstić information content (AvgIpc) is 2.93. The van der Waals surface area contributed by atoms with Gasteiger partial charge < -0.3 is 10.4 Å². The fraction of sp³-hybridized carbons (Fsp3) is 0.222. The van der Waals surface area contributed by atoms with E-state index in [1.54, 1.807) is 6.07 Å². The van der Waals surface area contributed by atoms with E-state index >= 15 is 0 Å². The zero-order valence-electron chi connectivity index (χ0n) is 13.5. The number of aliphatic carboxylic acids is 1. The highest BCUT2D eigenvalue weighted by atomic mass is 32.2. The van der Waals surface area contributed by atoms with E-state index in [-0.39, 0.29) is 23.3 Å². The van der Waals surface area contributed by atoms with E-state index in [9.17, 15) is 23.1 Å². The Morgan fingerprint density at radius 2 is 1.52 bits per heavy atom. The normalized spacial score (nSPS) is 15.4. The summed E-state index contributed by atoms with van der Waals surface area (Å²) in [5, 5.41) is 12.3. The van der Waals surface area contributed by atoms with Gasteiger partial charge in [-0.25, -0.2) is 13.2 Å². The lowest BCUT2D eigenvalue weighted by atomic mass is 9.95. The molecule has 1 aliphatic carbocycles. The number of nitrogens with one attached hydrogen (secondary N) is 1. The predicted octanol–water partition coefficient (Wildman–Crippen LogP) is 1.44. The third-order valence-electron chi connectivity index (χ3n) is 4.40. The topological polar surface area (TPSA) is 101 Å². The maximum Gasteiger partial charge on any atom is 0.330 e. The smallest absolute Gasteiger partial charge is 0.330 e. The van der Waals surface area contributed by atoms with E-state index in [2.05, 4.69) is 5.32 Å². The van der Waals surface area contributed by atoms with E-state index in [1.165, 1.54) is 18.2 Å². The molecule has 0 atom stereocenters. The summed E-state index contributed by atoms with van der Waals surface area (Å²) < 4.78 is 23.8. The van der Waals surface area contributed by atoms with Gasteiger partial charge in [-0.15, -0.1) is 0 Å². The molecule has 0 radical (unpaired) electrons. The molecule has 1 amide bonds. The Morgan fingerprint density at radius 1 is 1.00 bits per heavy atom. The summed E-state index contributed by atoms with van der Waals surface area (Å²) in [6, 6.07) is 13.1. The molecule has 0 fully saturated rings. The third-order valence-corrected chi connectivity index (χ3v) is 5.55. The highest BCUT2D eigenvalue weighted by molar-refractivity contribution is 7.90. The van der Waals surface area contributed by atoms with Crippen molar-refractivity contribution in [1.82, 2.24) is 5.32 Å². The number of fused-ring (bicyclic) bond motifs is 1. The van der Waals surface area contributed by atoms with Crippen LogP contribution in [0.4, 0.5) is 0 Å². The van der Waals surface area contributed by atoms with Crippen LogP contribution in [0.1, 0.15) is 21.5 Å². The first-order valence-corrected chi connectivity index (χ1v) is 9.54. The molecule has 130 valence electrons. The van der Waals surface area contributed by atoms with Crippen LogP contribution in [0.5, 0.6) is 0 Å². The molecule has 2 aromatic carbocycles. The van der Waals surface area contributed by atoms with E-state index in [4.69, 9.17) is 0 Å². The summed E-state index contributed by atoms with van der Waals surface area (Å²) in [4.78, 5) is 24.5. The lowest BCUT2D eigenvalue weighted by Gasteiger charge is -2.26. The second-order valence-electron chi connectivity index (χ2n) is 6.23. The Balaban J connectivity index is 1.97. The molecular weight excluding hydrogens is 342 g/mol. The summed E-state index contributed by atoms with van der Waals surface area (Å²) >= 11 is 0. The molecule has 1 aliphatic rings. The highest BCUT2D eigenvalue weighted by Crippen LogP contribution is 2.31. The number of carbonyl (C=O) groups excluding carboxylic acids is 1. The standard InChI is InChI=1S/C18H17NO5S/c1-25(23,24)15-9-5-4-8-14(15)16(20)19-18(17(21)22)10-12-6-2-3-7-13(12)11-18/h2-9H,10-11H2,1H3,(H,19,20)(H,21,22). The second-order valence-corrected chi connectivity index (χ2v) is 8.22. The maximum absolute atomic E-state index is 12.7. The maximum atomic E-state index is 12.7. The lowest BCUT2D eigenvalue weighted by Crippen LogP contribution is -2.55. The number of sulfone groups is 1. The van der Waals surface area contributed by atoms with Crippen molar-refractivity contribution < 1.29 is 23.1 Å². The Bertz CT molecular complexity index is 940. The van der Waals surface area contributed by atoms with Crippen molar-refractivity contribution >= 4 is 21.7 Å². The van der Waals surface area contributed by atoms with Crippen LogP contribution >= 0.6 is 0 Å². The molecule has 0 saturated carbocycles. The van der Waals surface area contributed by atoms with Gasteiger partial charge in [0, 0.05) is 19.1 Å². The molecule has 0 bridgehead atoms. The van der Waals surface area contributed by atoms with E-state index in [1.807, 2.05) is 24.3 Å². The lowest BCUT2D eigenvalue weighted by molar-refractivity contribution is -0.144. The van der Waals surface area contributed by atoms with Gasteiger partial charge in [-0.05, 0) is 23.3 Å². The molecule has 2 aromatic rings. The molecule has 0 spiro atoms. The van der Waals surface area contributed by atoms with Crippen LogP contribution < -0.4 is 5.32 Å². The van der Waals surface area contributed by atoms with Crippen LogP contribution in [0, 0.1) is 0 Å². The molecule has 3 rings (SSSR count). The molecule has 2 N–H and O–H groups in total. The molecule has 6 nitrogen and oxygen atoms in total. The highest BCUT2D eigenvalue weighted by Gasteiger charge is 2.45. The van der Waals surface area contributed by atoms with E-state index < -0.39 is 27.3 Å². The number of carboxylic acids is 1. The zero-order valence-corrected chi connectivity index (χ0v) is 14.3. The average molecular weight is 359 g/mol. The van der Waals surface area contributed by atoms with Gasteiger partial charge in [-0.2, -0.15) is 0 Å². The molecule has 25 heavy (non-hydrogen) atoms. The Hall–Kier alpha value is -2.67. The Morgan fingerprint density at radius 3 is 2.04 bits per heavy atom. The Labute approximate surface area is 145 Å². The summed E-state index contributed by atoms with van der Waals surface area (Å²) in [7, 11) is -3.61. The van der Waals surface area contributed by atoms with E-state index in [0.717, 1.165) is 17.4 Å². The fourth-order valence-electron chi connectivity index (χ4n) is 3.17. The van der Waals surface area contributed by atoms with Crippen LogP contribution in [-0.4, -0.2) is 37.2 Å². The largest absolute Gasteiger partial charge is 0.479 e. The van der Waals surface area contributed by atoms with Crippen molar-refractivity contribution in [1.29, 1.82) is 0 Å². The Kier molecular flexibility index (Phi) is 4.12. The number of hydrogen-bond acceptors (Lipinski definition) is 4. The van der Waals surface area contributed by atoms with Crippen LogP contribution in [0.15, 0.2) is 53.4 Å². The first-order chi connectivity index (χ1) is 11.7. The van der Waals surface area contributed by atoms with Crippen molar-refractivity contribution in [2.45, 2.75) is 23.3 Å². The number of hydrogen-bond donors (Lipinski definition) is 2. The number of carbonyl (C=O) groups is 2. The van der Waals surface area contributed by atoms with Crippen LogP contribution in [0.2, 0.25) is 0 Å². The predicted molar refractivity (Wildman–Crippen MR) is 91.2 cm³/mol. The van der Waals surface area contributed by atoms with Crippen LogP contribution in [-0.2, 0) is 27.5 Å². The molecule has 0 aromatic heterocycles. The number of amides is 1. The van der Waals surface area contributed by atoms with Crippen molar-refractivity contribution in [3.63, 3.8) is 0 Å². The summed E-state index contributed by atoms with van der Waals surface area (Å²) in [5.74, 6) is -1.86. The molecule has 0 saturated heterocycles. The minimum Gasteiger partial charge on any atom is -0.479 e. The first kappa shape index (κ1) is 17.2. The number of carboxylic acid groups (broad SMARTS) is 1. The molecule has 0 unspecified atom stereocenters. The first-order valence-electron chi connectivity index (χ1n) is 7.65. The summed E-state index contributed by atoms with van der Waals surface area (Å²) in [6.45, 7) is 0. The van der Waals surface area contributed by atoms with Crippen molar-refractivity contribution in [3.8, 4) is 0 Å². The molecule has 7 heteroatoms. The number of rotatable bonds is 4. The minimum absolute atomic E-state index is 0.0541. The fourth-order valence-corrected chi connectivity index (χ4v) is 4.06. The van der Waals surface area contributed by atoms with Crippen LogP contribution in [0.3, 0.4) is 0 Å². The third kappa shape index (κ3) is 3.15. The van der Waals surface area contributed by atoms with Gasteiger partial charge in [-0.1, -0.05) is 36.4 Å². The quantitative estimate of drug-likeness (QED) is 0.860. The summed E-state index contributed by atoms with van der Waals surface area (Å²) in [5.41, 5.74) is 0.190. The second kappa shape index (κ2) is 6.00. The van der Waals surface area contributed by atoms with Crippen molar-refractivity contribution in [3.05, 3.63) is 65.2 Å².